The van der Waals surface area contributed by atoms with Crippen LogP contribution in [0.4, 0.5) is 5.69 Å². The van der Waals surface area contributed by atoms with Crippen LogP contribution >= 0.6 is 23.2 Å². The lowest BCUT2D eigenvalue weighted by molar-refractivity contribution is -0.134. The van der Waals surface area contributed by atoms with Gasteiger partial charge in [0.15, 0.2) is 0 Å². The monoisotopic (exact) mass is 259 g/mol. The largest absolute Gasteiger partial charge is 0.466 e. The van der Waals surface area contributed by atoms with Crippen LogP contribution in [-0.4, -0.2) is 13.1 Å². The van der Waals surface area contributed by atoms with Crippen LogP contribution in [0.15, 0.2) is 30.0 Å². The van der Waals surface area contributed by atoms with Gasteiger partial charge in [-0.15, -0.1) is 0 Å². The first-order valence-corrected chi connectivity index (χ1v) is 5.27. The molecule has 0 saturated heterocycles. The van der Waals surface area contributed by atoms with E-state index in [0.29, 0.717) is 15.7 Å². The third-order valence-corrected chi connectivity index (χ3v) is 2.54. The molecule has 0 aliphatic rings. The molecule has 0 bridgehead atoms. The number of nitrogens with one attached hydrogen (secondary N) is 1. The Hall–Kier alpha value is -1.19. The second-order valence-electron chi connectivity index (χ2n) is 3.10. The minimum atomic E-state index is -0.412. The van der Waals surface area contributed by atoms with Crippen LogP contribution in [0.25, 0.3) is 0 Å². The lowest BCUT2D eigenvalue weighted by atomic mass is 10.3. The van der Waals surface area contributed by atoms with Crippen molar-refractivity contribution in [2.24, 2.45) is 0 Å². The lowest BCUT2D eigenvalue weighted by Crippen LogP contribution is -2.01. The maximum absolute atomic E-state index is 10.9. The van der Waals surface area contributed by atoms with Gasteiger partial charge in [-0.05, 0) is 25.1 Å². The molecule has 0 unspecified atom stereocenters. The molecule has 5 heteroatoms. The fourth-order valence-electron chi connectivity index (χ4n) is 1.07. The molecular formula is C11H11Cl2NO2. The predicted octanol–water partition coefficient (Wildman–Crippen LogP) is 3.48. The van der Waals surface area contributed by atoms with Crippen LogP contribution in [-0.2, 0) is 9.53 Å². The molecule has 0 atom stereocenters. The highest BCUT2D eigenvalue weighted by Crippen LogP contribution is 2.25. The minimum absolute atomic E-state index is 0.412. The minimum Gasteiger partial charge on any atom is -0.466 e. The highest BCUT2D eigenvalue weighted by molar-refractivity contribution is 6.42. The number of anilines is 1. The second kappa shape index (κ2) is 5.77. The Balaban J connectivity index is 2.77. The van der Waals surface area contributed by atoms with Gasteiger partial charge in [0.25, 0.3) is 0 Å². The molecular weight excluding hydrogens is 249 g/mol. The van der Waals surface area contributed by atoms with E-state index >= 15 is 0 Å². The quantitative estimate of drug-likeness (QED) is 0.667. The number of rotatable bonds is 3. The Morgan fingerprint density at radius 2 is 2.06 bits per heavy atom. The summed E-state index contributed by atoms with van der Waals surface area (Å²) in [6, 6.07) is 5.12. The van der Waals surface area contributed by atoms with Gasteiger partial charge in [0.1, 0.15) is 0 Å². The van der Waals surface area contributed by atoms with E-state index < -0.39 is 5.97 Å². The number of benzene rings is 1. The first kappa shape index (κ1) is 12.9. The van der Waals surface area contributed by atoms with Crippen molar-refractivity contribution in [3.05, 3.63) is 40.0 Å². The van der Waals surface area contributed by atoms with Crippen LogP contribution in [0.2, 0.25) is 10.0 Å². The summed E-state index contributed by atoms with van der Waals surface area (Å²) in [5.74, 6) is -0.412. The fraction of sp³-hybridized carbons (Fsp3) is 0.182. The number of ether oxygens (including phenoxy) is 1. The Kier molecular flexibility index (Phi) is 4.65. The Labute approximate surface area is 104 Å². The van der Waals surface area contributed by atoms with Crippen molar-refractivity contribution in [2.45, 2.75) is 6.92 Å². The van der Waals surface area contributed by atoms with Gasteiger partial charge >= 0.3 is 5.97 Å². The number of hydrogen-bond acceptors (Lipinski definition) is 3. The smallest absolute Gasteiger partial charge is 0.332 e. The van der Waals surface area contributed by atoms with Crippen molar-refractivity contribution in [3.63, 3.8) is 0 Å². The van der Waals surface area contributed by atoms with Crippen LogP contribution in [0, 0.1) is 0 Å². The normalized spacial score (nSPS) is 11.1. The van der Waals surface area contributed by atoms with E-state index in [1.807, 2.05) is 0 Å². The van der Waals surface area contributed by atoms with E-state index in [4.69, 9.17) is 23.2 Å². The van der Waals surface area contributed by atoms with E-state index in [1.165, 1.54) is 13.2 Å². The van der Waals surface area contributed by atoms with Crippen molar-refractivity contribution in [2.75, 3.05) is 12.4 Å². The van der Waals surface area contributed by atoms with Gasteiger partial charge in [0.2, 0.25) is 0 Å². The van der Waals surface area contributed by atoms with Gasteiger partial charge in [0.05, 0.1) is 17.2 Å². The molecule has 16 heavy (non-hydrogen) atoms. The maximum Gasteiger partial charge on any atom is 0.332 e. The Morgan fingerprint density at radius 1 is 1.38 bits per heavy atom. The van der Waals surface area contributed by atoms with E-state index in [1.54, 1.807) is 25.1 Å². The first-order valence-electron chi connectivity index (χ1n) is 4.51. The van der Waals surface area contributed by atoms with Crippen LogP contribution in [0.3, 0.4) is 0 Å². The van der Waals surface area contributed by atoms with Gasteiger partial charge in [-0.25, -0.2) is 4.79 Å². The number of halogens is 2. The topological polar surface area (TPSA) is 38.3 Å². The summed E-state index contributed by atoms with van der Waals surface area (Å²) in [6.45, 7) is 1.75. The molecule has 0 fully saturated rings. The number of carbonyl (C=O) groups is 1. The molecule has 3 nitrogen and oxygen atoms in total. The van der Waals surface area contributed by atoms with E-state index in [9.17, 15) is 4.79 Å². The molecule has 0 spiro atoms. The van der Waals surface area contributed by atoms with Gasteiger partial charge in [-0.3, -0.25) is 0 Å². The number of methoxy groups -OCH3 is 1. The van der Waals surface area contributed by atoms with Crippen molar-refractivity contribution >= 4 is 34.9 Å². The maximum atomic E-state index is 10.9. The van der Waals surface area contributed by atoms with Crippen LogP contribution in [0.5, 0.6) is 0 Å². The van der Waals surface area contributed by atoms with E-state index in [-0.39, 0.29) is 0 Å². The van der Waals surface area contributed by atoms with E-state index in [0.717, 1.165) is 5.69 Å². The summed E-state index contributed by atoms with van der Waals surface area (Å²) in [7, 11) is 1.32. The van der Waals surface area contributed by atoms with Crippen molar-refractivity contribution in [1.82, 2.24) is 0 Å². The molecule has 1 aromatic carbocycles. The number of carbonyl (C=O) groups excluding carboxylic acids is 1. The van der Waals surface area contributed by atoms with Gasteiger partial charge in [-0.1, -0.05) is 23.2 Å². The van der Waals surface area contributed by atoms with Gasteiger partial charge < -0.3 is 10.1 Å². The standard InChI is InChI=1S/C11H11Cl2NO2/c1-7(5-11(15)16-2)14-8-3-4-9(12)10(13)6-8/h3-6,14H,1-2H3/b7-5-. The molecule has 1 N–H and O–H groups in total. The Morgan fingerprint density at radius 3 is 2.62 bits per heavy atom. The van der Waals surface area contributed by atoms with Crippen LogP contribution in [0.1, 0.15) is 6.92 Å². The molecule has 86 valence electrons. The molecule has 0 radical (unpaired) electrons. The number of allylic oxidation sites excluding steroid dienone is 1. The second-order valence-corrected chi connectivity index (χ2v) is 3.92. The zero-order valence-electron chi connectivity index (χ0n) is 8.88. The highest BCUT2D eigenvalue weighted by Gasteiger charge is 2.01. The lowest BCUT2D eigenvalue weighted by Gasteiger charge is -2.07. The van der Waals surface area contributed by atoms with E-state index in [2.05, 4.69) is 10.1 Å². The summed E-state index contributed by atoms with van der Waals surface area (Å²) in [6.07, 6.45) is 1.35. The van der Waals surface area contributed by atoms with Gasteiger partial charge in [-0.2, -0.15) is 0 Å². The fourth-order valence-corrected chi connectivity index (χ4v) is 1.37. The van der Waals surface area contributed by atoms with Gasteiger partial charge in [0, 0.05) is 17.5 Å². The first-order chi connectivity index (χ1) is 7.52. The summed E-state index contributed by atoms with van der Waals surface area (Å²) in [4.78, 5) is 10.9. The van der Waals surface area contributed by atoms with Crippen molar-refractivity contribution in [1.29, 1.82) is 0 Å². The average molecular weight is 260 g/mol. The molecule has 0 saturated carbocycles. The van der Waals surface area contributed by atoms with Crippen molar-refractivity contribution < 1.29 is 9.53 Å². The molecule has 0 aliphatic carbocycles. The molecule has 1 aromatic rings. The third-order valence-electron chi connectivity index (χ3n) is 1.80. The molecule has 1 rings (SSSR count). The zero-order chi connectivity index (χ0) is 12.1. The molecule has 0 heterocycles. The van der Waals surface area contributed by atoms with Crippen LogP contribution < -0.4 is 5.32 Å². The number of hydrogen-bond donors (Lipinski definition) is 1. The highest BCUT2D eigenvalue weighted by atomic mass is 35.5. The molecule has 0 aromatic heterocycles. The summed E-state index contributed by atoms with van der Waals surface area (Å²) in [5, 5.41) is 3.94. The number of esters is 1. The summed E-state index contributed by atoms with van der Waals surface area (Å²) >= 11 is 11.6. The predicted molar refractivity (Wildman–Crippen MR) is 65.9 cm³/mol. The summed E-state index contributed by atoms with van der Waals surface area (Å²) < 4.78 is 4.50. The summed E-state index contributed by atoms with van der Waals surface area (Å²) in [5.41, 5.74) is 1.41. The SMILES string of the molecule is COC(=O)/C=C(/C)Nc1ccc(Cl)c(Cl)c1. The Bertz CT molecular complexity index is 430. The zero-order valence-corrected chi connectivity index (χ0v) is 10.4. The molecule has 0 aliphatic heterocycles. The van der Waals surface area contributed by atoms with Crippen molar-refractivity contribution in [3.8, 4) is 0 Å². The average Bonchev–Trinajstić information content (AvgIpc) is 2.23. The third kappa shape index (κ3) is 3.76. The molecule has 0 amide bonds.